The van der Waals surface area contributed by atoms with Gasteiger partial charge in [-0.2, -0.15) is 0 Å². The fourth-order valence-corrected chi connectivity index (χ4v) is 3.92. The molecule has 0 aliphatic heterocycles. The van der Waals surface area contributed by atoms with Crippen LogP contribution in [0.25, 0.3) is 0 Å². The summed E-state index contributed by atoms with van der Waals surface area (Å²) in [6, 6.07) is 0. The molecule has 0 saturated heterocycles. The number of nitrogen functional groups attached to an aromatic ring is 1. The van der Waals surface area contributed by atoms with Crippen molar-refractivity contribution >= 4 is 22.1 Å². The van der Waals surface area contributed by atoms with Crippen LogP contribution < -0.4 is 5.73 Å². The lowest BCUT2D eigenvalue weighted by molar-refractivity contribution is 0.0858. The molecule has 2 rings (SSSR count). The fourth-order valence-electron chi connectivity index (χ4n) is 2.55. The van der Waals surface area contributed by atoms with E-state index in [-0.39, 0.29) is 11.2 Å². The van der Waals surface area contributed by atoms with E-state index in [0.717, 1.165) is 29.8 Å². The number of hydrogen-bond donors (Lipinski definition) is 1. The van der Waals surface area contributed by atoms with Gasteiger partial charge in [-0.1, -0.05) is 34.6 Å². The summed E-state index contributed by atoms with van der Waals surface area (Å²) < 4.78 is 0. The molecule has 1 aromatic heterocycles. The van der Waals surface area contributed by atoms with Crippen LogP contribution in [0.4, 0.5) is 5.00 Å². The van der Waals surface area contributed by atoms with Crippen molar-refractivity contribution in [1.29, 1.82) is 0 Å². The lowest BCUT2D eigenvalue weighted by Crippen LogP contribution is -2.25. The smallest absolute Gasteiger partial charge is 0.171 e. The van der Waals surface area contributed by atoms with Crippen LogP contribution in [0.1, 0.15) is 61.8 Å². The van der Waals surface area contributed by atoms with Crippen molar-refractivity contribution in [2.45, 2.75) is 53.9 Å². The van der Waals surface area contributed by atoms with Crippen LogP contribution >= 0.6 is 11.3 Å². The highest BCUT2D eigenvalue weighted by atomic mass is 32.1. The minimum Gasteiger partial charge on any atom is -0.390 e. The van der Waals surface area contributed by atoms with Gasteiger partial charge in [-0.3, -0.25) is 4.79 Å². The molecule has 2 nitrogen and oxygen atoms in total. The summed E-state index contributed by atoms with van der Waals surface area (Å²) in [5, 5.41) is 0.720. The second-order valence-corrected chi connectivity index (χ2v) is 8.30. The monoisotopic (exact) mass is 265 g/mol. The first-order chi connectivity index (χ1) is 8.12. The largest absolute Gasteiger partial charge is 0.390 e. The SMILES string of the molecule is CC1(C)CCc2c(sc(N)c2C(=O)C(C)(C)C)C1. The van der Waals surface area contributed by atoms with E-state index >= 15 is 0 Å². The lowest BCUT2D eigenvalue weighted by Gasteiger charge is -2.30. The summed E-state index contributed by atoms with van der Waals surface area (Å²) >= 11 is 1.62. The van der Waals surface area contributed by atoms with Gasteiger partial charge in [0.1, 0.15) is 0 Å². The Kier molecular flexibility index (Phi) is 3.09. The lowest BCUT2D eigenvalue weighted by atomic mass is 9.75. The molecule has 3 heteroatoms. The Morgan fingerprint density at radius 3 is 2.50 bits per heavy atom. The Morgan fingerprint density at radius 1 is 1.33 bits per heavy atom. The highest BCUT2D eigenvalue weighted by molar-refractivity contribution is 7.16. The van der Waals surface area contributed by atoms with E-state index in [4.69, 9.17) is 5.73 Å². The van der Waals surface area contributed by atoms with Gasteiger partial charge in [0.2, 0.25) is 0 Å². The van der Waals surface area contributed by atoms with E-state index in [2.05, 4.69) is 13.8 Å². The molecule has 0 bridgehead atoms. The molecule has 0 spiro atoms. The summed E-state index contributed by atoms with van der Waals surface area (Å²) in [5.41, 5.74) is 8.14. The Bertz CT molecular complexity index is 491. The van der Waals surface area contributed by atoms with Crippen molar-refractivity contribution in [3.05, 3.63) is 16.0 Å². The van der Waals surface area contributed by atoms with Crippen molar-refractivity contribution in [1.82, 2.24) is 0 Å². The summed E-state index contributed by atoms with van der Waals surface area (Å²) in [6.45, 7) is 10.5. The standard InChI is InChI=1S/C15H23NOS/c1-14(2,3)12(17)11-9-6-7-15(4,5)8-10(9)18-13(11)16/h6-8,16H2,1-5H3. The number of carbonyl (C=O) groups is 1. The van der Waals surface area contributed by atoms with Gasteiger partial charge in [-0.05, 0) is 30.2 Å². The molecule has 0 amide bonds. The van der Waals surface area contributed by atoms with Gasteiger partial charge >= 0.3 is 0 Å². The third-order valence-electron chi connectivity index (χ3n) is 3.72. The number of carbonyl (C=O) groups excluding carboxylic acids is 1. The maximum atomic E-state index is 12.5. The summed E-state index contributed by atoms with van der Waals surface area (Å²) in [5.74, 6) is 0.192. The second kappa shape index (κ2) is 4.09. The topological polar surface area (TPSA) is 43.1 Å². The molecule has 18 heavy (non-hydrogen) atoms. The number of rotatable bonds is 1. The number of thiophene rings is 1. The number of anilines is 1. The van der Waals surface area contributed by atoms with E-state index < -0.39 is 0 Å². The van der Waals surface area contributed by atoms with Crippen LogP contribution in [0.15, 0.2) is 0 Å². The maximum absolute atomic E-state index is 12.5. The molecule has 0 fully saturated rings. The van der Waals surface area contributed by atoms with Crippen LogP contribution in [0.3, 0.4) is 0 Å². The number of nitrogens with two attached hydrogens (primary N) is 1. The van der Waals surface area contributed by atoms with Gasteiger partial charge in [-0.25, -0.2) is 0 Å². The van der Waals surface area contributed by atoms with Gasteiger partial charge < -0.3 is 5.73 Å². The first-order valence-corrected chi connectivity index (χ1v) is 7.38. The third kappa shape index (κ3) is 2.33. The molecule has 1 heterocycles. The van der Waals surface area contributed by atoms with E-state index in [1.807, 2.05) is 20.8 Å². The zero-order chi connectivity index (χ0) is 13.7. The van der Waals surface area contributed by atoms with E-state index in [9.17, 15) is 4.79 Å². The summed E-state index contributed by atoms with van der Waals surface area (Å²) in [7, 11) is 0. The van der Waals surface area contributed by atoms with Crippen molar-refractivity contribution in [2.24, 2.45) is 10.8 Å². The Labute approximate surface area is 114 Å². The van der Waals surface area contributed by atoms with Gasteiger partial charge in [0.05, 0.1) is 10.6 Å². The van der Waals surface area contributed by atoms with Crippen LogP contribution in [0, 0.1) is 10.8 Å². The summed E-state index contributed by atoms with van der Waals surface area (Å²) in [4.78, 5) is 13.8. The van der Waals surface area contributed by atoms with Crippen molar-refractivity contribution in [3.8, 4) is 0 Å². The van der Waals surface area contributed by atoms with E-state index in [1.165, 1.54) is 10.4 Å². The Morgan fingerprint density at radius 2 is 1.94 bits per heavy atom. The second-order valence-electron chi connectivity index (χ2n) is 7.16. The van der Waals surface area contributed by atoms with Crippen molar-refractivity contribution < 1.29 is 4.79 Å². The number of fused-ring (bicyclic) bond motifs is 1. The quantitative estimate of drug-likeness (QED) is 0.778. The molecular formula is C15H23NOS. The zero-order valence-corrected chi connectivity index (χ0v) is 12.8. The van der Waals surface area contributed by atoms with Crippen LogP contribution in [-0.2, 0) is 12.8 Å². The third-order valence-corrected chi connectivity index (χ3v) is 4.78. The molecule has 1 aliphatic carbocycles. The minimum atomic E-state index is -0.351. The van der Waals surface area contributed by atoms with E-state index in [0.29, 0.717) is 5.41 Å². The zero-order valence-electron chi connectivity index (χ0n) is 12.0. The number of hydrogen-bond acceptors (Lipinski definition) is 3. The van der Waals surface area contributed by atoms with Crippen LogP contribution in [-0.4, -0.2) is 5.78 Å². The highest BCUT2D eigenvalue weighted by Crippen LogP contribution is 2.44. The highest BCUT2D eigenvalue weighted by Gasteiger charge is 2.34. The van der Waals surface area contributed by atoms with Crippen molar-refractivity contribution in [3.63, 3.8) is 0 Å². The first kappa shape index (κ1) is 13.6. The number of Topliss-reactive ketones (excluding diaryl/α,β-unsaturated/α-hetero) is 1. The molecule has 0 unspecified atom stereocenters. The molecule has 1 aromatic rings. The van der Waals surface area contributed by atoms with Crippen molar-refractivity contribution in [2.75, 3.05) is 5.73 Å². The molecular weight excluding hydrogens is 242 g/mol. The maximum Gasteiger partial charge on any atom is 0.171 e. The minimum absolute atomic E-state index is 0.192. The van der Waals surface area contributed by atoms with Gasteiger partial charge in [-0.15, -0.1) is 11.3 Å². The van der Waals surface area contributed by atoms with Crippen LogP contribution in [0.2, 0.25) is 0 Å². The predicted octanol–water partition coefficient (Wildman–Crippen LogP) is 4.07. The van der Waals surface area contributed by atoms with Gasteiger partial charge in [0.15, 0.2) is 5.78 Å². The van der Waals surface area contributed by atoms with Gasteiger partial charge in [0.25, 0.3) is 0 Å². The molecule has 0 radical (unpaired) electrons. The Hall–Kier alpha value is -0.830. The van der Waals surface area contributed by atoms with Crippen LogP contribution in [0.5, 0.6) is 0 Å². The first-order valence-electron chi connectivity index (χ1n) is 6.57. The molecule has 0 aromatic carbocycles. The Balaban J connectivity index is 2.47. The molecule has 1 aliphatic rings. The fraction of sp³-hybridized carbons (Fsp3) is 0.667. The molecule has 0 atom stereocenters. The average Bonchev–Trinajstić information content (AvgIpc) is 2.48. The number of ketones is 1. The normalized spacial score (nSPS) is 18.5. The van der Waals surface area contributed by atoms with E-state index in [1.54, 1.807) is 11.3 Å². The van der Waals surface area contributed by atoms with Gasteiger partial charge in [0, 0.05) is 10.3 Å². The molecule has 2 N–H and O–H groups in total. The summed E-state index contributed by atoms with van der Waals surface area (Å²) in [6.07, 6.45) is 3.18. The average molecular weight is 265 g/mol. The molecule has 0 saturated carbocycles. The predicted molar refractivity (Wildman–Crippen MR) is 78.3 cm³/mol. The molecule has 100 valence electrons.